The van der Waals surface area contributed by atoms with Crippen molar-refractivity contribution in [2.45, 2.75) is 0 Å². The van der Waals surface area contributed by atoms with Gasteiger partial charge in [-0.25, -0.2) is 4.98 Å². The van der Waals surface area contributed by atoms with E-state index in [9.17, 15) is 4.79 Å². The maximum absolute atomic E-state index is 10.8. The van der Waals surface area contributed by atoms with Crippen molar-refractivity contribution >= 4 is 23.3 Å². The maximum atomic E-state index is 10.8. The molecule has 12 heavy (non-hydrogen) atoms. The minimum Gasteiger partial charge on any atom is -0.480 e. The van der Waals surface area contributed by atoms with E-state index < -0.39 is 0 Å². The number of rotatable bonds is 0. The number of ether oxygens (including phenoxy) is 1. The van der Waals surface area contributed by atoms with E-state index in [2.05, 4.69) is 16.5 Å². The fraction of sp³-hybridized carbons (Fsp3) is 0.143. The molecular formula is C7H4ClN2O2. The Morgan fingerprint density at radius 2 is 2.58 bits per heavy atom. The van der Waals surface area contributed by atoms with Gasteiger partial charge in [0.1, 0.15) is 6.20 Å². The van der Waals surface area contributed by atoms with Crippen molar-refractivity contribution in [2.75, 3.05) is 11.9 Å². The lowest BCUT2D eigenvalue weighted by molar-refractivity contribution is -0.118. The summed E-state index contributed by atoms with van der Waals surface area (Å²) < 4.78 is 5.04. The molecule has 0 saturated heterocycles. The second-order valence-corrected chi connectivity index (χ2v) is 2.67. The number of hydrogen-bond donors (Lipinski definition) is 1. The van der Waals surface area contributed by atoms with Crippen LogP contribution in [0.4, 0.5) is 5.82 Å². The zero-order valence-electron chi connectivity index (χ0n) is 5.93. The minimum atomic E-state index is -0.217. The smallest absolute Gasteiger partial charge is 0.263 e. The standard InChI is InChI=1S/C7H4ClN2O2/c8-4-1-5-7(9-2-4)10-6(11)3-12-5/h1H,3H2,(H,9,10,11). The van der Waals surface area contributed by atoms with E-state index in [1.54, 1.807) is 6.07 Å². The van der Waals surface area contributed by atoms with Crippen LogP contribution in [0.2, 0.25) is 5.02 Å². The van der Waals surface area contributed by atoms with Crippen LogP contribution in [0.15, 0.2) is 6.07 Å². The first-order chi connectivity index (χ1) is 5.75. The zero-order chi connectivity index (χ0) is 8.55. The van der Waals surface area contributed by atoms with Crippen LogP contribution in [0, 0.1) is 6.20 Å². The maximum Gasteiger partial charge on any atom is 0.263 e. The molecule has 0 bridgehead atoms. The van der Waals surface area contributed by atoms with Crippen molar-refractivity contribution in [1.29, 1.82) is 0 Å². The van der Waals surface area contributed by atoms with Crippen molar-refractivity contribution in [2.24, 2.45) is 0 Å². The van der Waals surface area contributed by atoms with E-state index in [1.807, 2.05) is 0 Å². The average molecular weight is 184 g/mol. The molecule has 1 N–H and O–H groups in total. The van der Waals surface area contributed by atoms with Crippen LogP contribution in [-0.4, -0.2) is 17.5 Å². The lowest BCUT2D eigenvalue weighted by atomic mass is 10.4. The molecule has 1 radical (unpaired) electrons. The van der Waals surface area contributed by atoms with Gasteiger partial charge < -0.3 is 10.1 Å². The zero-order valence-corrected chi connectivity index (χ0v) is 6.68. The first-order valence-electron chi connectivity index (χ1n) is 3.26. The molecule has 1 amide bonds. The highest BCUT2D eigenvalue weighted by Crippen LogP contribution is 2.26. The molecule has 0 aliphatic carbocycles. The number of nitrogens with zero attached hydrogens (tertiary/aromatic N) is 1. The van der Waals surface area contributed by atoms with Gasteiger partial charge in [-0.05, 0) is 0 Å². The second-order valence-electron chi connectivity index (χ2n) is 2.27. The van der Waals surface area contributed by atoms with Crippen LogP contribution in [-0.2, 0) is 4.79 Å². The molecule has 0 saturated carbocycles. The molecule has 0 aromatic carbocycles. The average Bonchev–Trinajstić information content (AvgIpc) is 2.05. The quantitative estimate of drug-likeness (QED) is 0.649. The number of nitrogens with one attached hydrogen (secondary N) is 1. The van der Waals surface area contributed by atoms with Crippen LogP contribution in [0.5, 0.6) is 5.75 Å². The van der Waals surface area contributed by atoms with E-state index in [0.29, 0.717) is 16.6 Å². The number of amides is 1. The first kappa shape index (κ1) is 7.36. The summed E-state index contributed by atoms with van der Waals surface area (Å²) >= 11 is 5.60. The van der Waals surface area contributed by atoms with Gasteiger partial charge in [0, 0.05) is 6.07 Å². The summed E-state index contributed by atoms with van der Waals surface area (Å²) in [6.45, 7) is 0.00895. The molecule has 61 valence electrons. The molecule has 1 aliphatic heterocycles. The van der Waals surface area contributed by atoms with Crippen LogP contribution in [0.25, 0.3) is 0 Å². The number of aromatic nitrogens is 1. The molecule has 1 aromatic heterocycles. The Morgan fingerprint density at radius 1 is 1.75 bits per heavy atom. The van der Waals surface area contributed by atoms with E-state index in [-0.39, 0.29) is 12.5 Å². The van der Waals surface area contributed by atoms with Crippen molar-refractivity contribution < 1.29 is 9.53 Å². The Kier molecular flexibility index (Phi) is 1.62. The summed E-state index contributed by atoms with van der Waals surface area (Å²) in [5, 5.41) is 2.89. The highest BCUT2D eigenvalue weighted by molar-refractivity contribution is 6.30. The van der Waals surface area contributed by atoms with Gasteiger partial charge in [-0.15, -0.1) is 0 Å². The van der Waals surface area contributed by atoms with Gasteiger partial charge in [0.25, 0.3) is 5.91 Å². The van der Waals surface area contributed by atoms with Crippen LogP contribution >= 0.6 is 11.6 Å². The molecule has 4 nitrogen and oxygen atoms in total. The molecule has 2 heterocycles. The number of carbonyl (C=O) groups excluding carboxylic acids is 1. The van der Waals surface area contributed by atoms with Gasteiger partial charge in [-0.3, -0.25) is 4.79 Å². The summed E-state index contributed by atoms with van der Waals surface area (Å²) in [5.74, 6) is 0.639. The molecule has 1 aliphatic rings. The Hall–Kier alpha value is -1.29. The number of pyridine rings is 1. The molecular weight excluding hydrogens is 180 g/mol. The van der Waals surface area contributed by atoms with Crippen LogP contribution in [0.1, 0.15) is 0 Å². The predicted octanol–water partition coefficient (Wildman–Crippen LogP) is 0.866. The van der Waals surface area contributed by atoms with Crippen molar-refractivity contribution in [3.8, 4) is 5.75 Å². The summed E-state index contributed by atoms with van der Waals surface area (Å²) in [5.41, 5.74) is 0. The first-order valence-corrected chi connectivity index (χ1v) is 3.64. The number of fused-ring (bicyclic) bond motifs is 1. The predicted molar refractivity (Wildman–Crippen MR) is 42.2 cm³/mol. The third-order valence-corrected chi connectivity index (χ3v) is 1.58. The fourth-order valence-electron chi connectivity index (χ4n) is 0.891. The summed E-state index contributed by atoms with van der Waals surface area (Å²) in [6, 6.07) is 1.56. The van der Waals surface area contributed by atoms with E-state index >= 15 is 0 Å². The number of hydrogen-bond acceptors (Lipinski definition) is 3. The Balaban J connectivity index is 2.43. The number of anilines is 1. The van der Waals surface area contributed by atoms with Gasteiger partial charge in [0.15, 0.2) is 18.2 Å². The third-order valence-electron chi connectivity index (χ3n) is 1.38. The van der Waals surface area contributed by atoms with Crippen molar-refractivity contribution in [3.05, 3.63) is 17.3 Å². The van der Waals surface area contributed by atoms with Crippen LogP contribution in [0.3, 0.4) is 0 Å². The van der Waals surface area contributed by atoms with Gasteiger partial charge in [-0.2, -0.15) is 0 Å². The summed E-state index contributed by atoms with van der Waals surface area (Å²) in [6.07, 6.45) is 2.50. The third kappa shape index (κ3) is 1.21. The molecule has 5 heteroatoms. The van der Waals surface area contributed by atoms with Crippen LogP contribution < -0.4 is 10.1 Å². The van der Waals surface area contributed by atoms with E-state index in [0.717, 1.165) is 0 Å². The monoisotopic (exact) mass is 183 g/mol. The Bertz CT molecular complexity index is 340. The van der Waals surface area contributed by atoms with Crippen molar-refractivity contribution in [1.82, 2.24) is 4.98 Å². The Morgan fingerprint density at radius 3 is 3.42 bits per heavy atom. The summed E-state index contributed by atoms with van der Waals surface area (Å²) in [4.78, 5) is 14.5. The highest BCUT2D eigenvalue weighted by Gasteiger charge is 2.16. The molecule has 0 unspecified atom stereocenters. The lowest BCUT2D eigenvalue weighted by Gasteiger charge is -2.15. The topological polar surface area (TPSA) is 51.2 Å². The van der Waals surface area contributed by atoms with E-state index in [1.165, 1.54) is 0 Å². The number of halogens is 1. The lowest BCUT2D eigenvalue weighted by Crippen LogP contribution is -2.26. The van der Waals surface area contributed by atoms with Crippen molar-refractivity contribution in [3.63, 3.8) is 0 Å². The summed E-state index contributed by atoms with van der Waals surface area (Å²) in [7, 11) is 0. The Labute approximate surface area is 73.5 Å². The molecule has 0 fully saturated rings. The van der Waals surface area contributed by atoms with Gasteiger partial charge in [0.2, 0.25) is 0 Å². The van der Waals surface area contributed by atoms with Gasteiger partial charge >= 0.3 is 0 Å². The largest absolute Gasteiger partial charge is 0.480 e. The second kappa shape index (κ2) is 2.64. The van der Waals surface area contributed by atoms with Gasteiger partial charge in [-0.1, -0.05) is 11.6 Å². The SMILES string of the molecule is O=C1COc2cc(Cl)[c]nc2N1. The molecule has 0 spiro atoms. The minimum absolute atomic E-state index is 0.00895. The van der Waals surface area contributed by atoms with E-state index in [4.69, 9.17) is 16.3 Å². The molecule has 1 aromatic rings. The highest BCUT2D eigenvalue weighted by atomic mass is 35.5. The molecule has 0 atom stereocenters. The number of carbonyl (C=O) groups is 1. The normalized spacial score (nSPS) is 14.6. The fourth-order valence-corrected chi connectivity index (χ4v) is 1.03. The van der Waals surface area contributed by atoms with Gasteiger partial charge in [0.05, 0.1) is 5.02 Å². The molecule has 2 rings (SSSR count).